The quantitative estimate of drug-likeness (QED) is 0.640. The van der Waals surface area contributed by atoms with E-state index < -0.39 is 0 Å². The molecular weight excluding hydrogens is 184 g/mol. The van der Waals surface area contributed by atoms with Gasteiger partial charge in [0.05, 0.1) is 0 Å². The molecule has 0 aliphatic rings. The number of carbonyl (C=O) groups is 1. The summed E-state index contributed by atoms with van der Waals surface area (Å²) in [5.74, 6) is 0.278. The molecule has 1 rings (SSSR count). The zero-order valence-electron chi connectivity index (χ0n) is 9.33. The third kappa shape index (κ3) is 4.59. The van der Waals surface area contributed by atoms with E-state index in [0.717, 1.165) is 19.3 Å². The molecule has 1 heteroatoms. The van der Waals surface area contributed by atoms with Crippen LogP contribution >= 0.6 is 0 Å². The van der Waals surface area contributed by atoms with E-state index in [1.807, 2.05) is 18.2 Å². The van der Waals surface area contributed by atoms with Crippen molar-refractivity contribution in [1.29, 1.82) is 0 Å². The Morgan fingerprint density at radius 1 is 1.13 bits per heavy atom. The van der Waals surface area contributed by atoms with Gasteiger partial charge < -0.3 is 4.79 Å². The number of Topliss-reactive ketones (excluding diaryl/α,β-unsaturated/α-hetero) is 1. The molecule has 0 spiro atoms. The Hall–Kier alpha value is -1.37. The Balaban J connectivity index is 2.28. The summed E-state index contributed by atoms with van der Waals surface area (Å²) in [5.41, 5.74) is 2.37. The Kier molecular flexibility index (Phi) is 4.82. The van der Waals surface area contributed by atoms with Crippen LogP contribution in [0.1, 0.15) is 38.2 Å². The molecule has 0 unspecified atom stereocenters. The largest absolute Gasteiger partial charge is 0.300 e. The summed E-state index contributed by atoms with van der Waals surface area (Å²) < 4.78 is 0. The molecule has 0 radical (unpaired) electrons. The molecule has 1 aromatic rings. The highest BCUT2D eigenvalue weighted by Gasteiger charge is 1.99. The third-order valence-electron chi connectivity index (χ3n) is 2.44. The fourth-order valence-electron chi connectivity index (χ4n) is 1.53. The van der Waals surface area contributed by atoms with E-state index in [0.29, 0.717) is 6.42 Å². The van der Waals surface area contributed by atoms with Crippen LogP contribution in [0.2, 0.25) is 0 Å². The molecule has 0 saturated carbocycles. The molecule has 15 heavy (non-hydrogen) atoms. The van der Waals surface area contributed by atoms with E-state index in [1.165, 1.54) is 11.1 Å². The number of hydrogen-bond donors (Lipinski definition) is 0. The van der Waals surface area contributed by atoms with Crippen molar-refractivity contribution in [3.63, 3.8) is 0 Å². The normalized spacial score (nSPS) is 9.93. The van der Waals surface area contributed by atoms with Gasteiger partial charge in [-0.05, 0) is 37.3 Å². The van der Waals surface area contributed by atoms with Gasteiger partial charge in [-0.3, -0.25) is 0 Å². The maximum absolute atomic E-state index is 10.7. The highest BCUT2D eigenvalue weighted by molar-refractivity contribution is 5.75. The predicted molar refractivity (Wildman–Crippen MR) is 64.6 cm³/mol. The van der Waals surface area contributed by atoms with Crippen LogP contribution in [0.15, 0.2) is 36.9 Å². The first kappa shape index (κ1) is 11.7. The lowest BCUT2D eigenvalue weighted by atomic mass is 10.0. The molecule has 0 heterocycles. The standard InChI is InChI=1S/C14H18O/c1-12(8-6-7-9-13(2)15)14-10-4-3-5-11-14/h3-5,10-11H,1,6-9H2,2H3. The Labute approximate surface area is 91.8 Å². The summed E-state index contributed by atoms with van der Waals surface area (Å²) >= 11 is 0. The fraction of sp³-hybridized carbons (Fsp3) is 0.357. The van der Waals surface area contributed by atoms with Crippen molar-refractivity contribution in [3.05, 3.63) is 42.5 Å². The first-order valence-electron chi connectivity index (χ1n) is 5.43. The molecule has 0 N–H and O–H groups in total. The second-order valence-corrected chi connectivity index (χ2v) is 3.88. The molecule has 0 aliphatic heterocycles. The van der Waals surface area contributed by atoms with Gasteiger partial charge in [0.2, 0.25) is 0 Å². The highest BCUT2D eigenvalue weighted by Crippen LogP contribution is 2.18. The van der Waals surface area contributed by atoms with Crippen molar-refractivity contribution in [3.8, 4) is 0 Å². The van der Waals surface area contributed by atoms with Crippen molar-refractivity contribution in [2.24, 2.45) is 0 Å². The summed E-state index contributed by atoms with van der Waals surface area (Å²) in [4.78, 5) is 10.7. The number of benzene rings is 1. The second kappa shape index (κ2) is 6.18. The van der Waals surface area contributed by atoms with Gasteiger partial charge in [-0.25, -0.2) is 0 Å². The number of rotatable bonds is 6. The highest BCUT2D eigenvalue weighted by atomic mass is 16.1. The van der Waals surface area contributed by atoms with Gasteiger partial charge in [-0.1, -0.05) is 36.9 Å². The van der Waals surface area contributed by atoms with Crippen LogP contribution in [0.4, 0.5) is 0 Å². The summed E-state index contributed by atoms with van der Waals surface area (Å²) in [5, 5.41) is 0. The molecule has 0 fully saturated rings. The number of carbonyl (C=O) groups excluding carboxylic acids is 1. The van der Waals surface area contributed by atoms with E-state index in [-0.39, 0.29) is 5.78 Å². The third-order valence-corrected chi connectivity index (χ3v) is 2.44. The van der Waals surface area contributed by atoms with Crippen molar-refractivity contribution in [1.82, 2.24) is 0 Å². The van der Waals surface area contributed by atoms with Gasteiger partial charge >= 0.3 is 0 Å². The zero-order chi connectivity index (χ0) is 11.1. The van der Waals surface area contributed by atoms with Gasteiger partial charge in [-0.15, -0.1) is 0 Å². The average molecular weight is 202 g/mol. The van der Waals surface area contributed by atoms with Crippen LogP contribution in [0.3, 0.4) is 0 Å². The van der Waals surface area contributed by atoms with Crippen LogP contribution in [0.25, 0.3) is 5.57 Å². The molecule has 1 aromatic carbocycles. The molecular formula is C14H18O. The minimum atomic E-state index is 0.278. The average Bonchev–Trinajstić information content (AvgIpc) is 2.25. The van der Waals surface area contributed by atoms with E-state index >= 15 is 0 Å². The van der Waals surface area contributed by atoms with Crippen molar-refractivity contribution in [2.45, 2.75) is 32.6 Å². The fourth-order valence-corrected chi connectivity index (χ4v) is 1.53. The maximum atomic E-state index is 10.7. The Morgan fingerprint density at radius 3 is 2.33 bits per heavy atom. The minimum absolute atomic E-state index is 0.278. The van der Waals surface area contributed by atoms with E-state index in [4.69, 9.17) is 0 Å². The Morgan fingerprint density at radius 2 is 1.73 bits per heavy atom. The summed E-state index contributed by atoms with van der Waals surface area (Å²) in [6.45, 7) is 5.70. The first-order valence-corrected chi connectivity index (χ1v) is 5.43. The van der Waals surface area contributed by atoms with Crippen LogP contribution < -0.4 is 0 Å². The lowest BCUT2D eigenvalue weighted by molar-refractivity contribution is -0.117. The topological polar surface area (TPSA) is 17.1 Å². The van der Waals surface area contributed by atoms with Gasteiger partial charge in [0.25, 0.3) is 0 Å². The number of unbranched alkanes of at least 4 members (excludes halogenated alkanes) is 1. The van der Waals surface area contributed by atoms with Crippen molar-refractivity contribution in [2.75, 3.05) is 0 Å². The van der Waals surface area contributed by atoms with Gasteiger partial charge in [0.1, 0.15) is 5.78 Å². The lowest BCUT2D eigenvalue weighted by Gasteiger charge is -2.04. The van der Waals surface area contributed by atoms with Crippen LogP contribution in [-0.4, -0.2) is 5.78 Å². The molecule has 0 bridgehead atoms. The monoisotopic (exact) mass is 202 g/mol. The maximum Gasteiger partial charge on any atom is 0.129 e. The summed E-state index contributed by atoms with van der Waals surface area (Å²) in [6, 6.07) is 10.2. The Bertz CT molecular complexity index is 324. The second-order valence-electron chi connectivity index (χ2n) is 3.88. The number of ketones is 1. The van der Waals surface area contributed by atoms with E-state index in [2.05, 4.69) is 18.7 Å². The molecule has 0 aliphatic carbocycles. The van der Waals surface area contributed by atoms with Crippen LogP contribution in [0, 0.1) is 0 Å². The van der Waals surface area contributed by atoms with E-state index in [1.54, 1.807) is 6.92 Å². The van der Waals surface area contributed by atoms with Crippen LogP contribution in [0.5, 0.6) is 0 Å². The number of allylic oxidation sites excluding steroid dienone is 1. The van der Waals surface area contributed by atoms with Gasteiger partial charge in [0, 0.05) is 6.42 Å². The van der Waals surface area contributed by atoms with Crippen LogP contribution in [-0.2, 0) is 4.79 Å². The number of hydrogen-bond acceptors (Lipinski definition) is 1. The molecule has 0 atom stereocenters. The SMILES string of the molecule is C=C(CCCCC(C)=O)c1ccccc1. The van der Waals surface area contributed by atoms with Gasteiger partial charge in [0.15, 0.2) is 0 Å². The first-order chi connectivity index (χ1) is 7.20. The summed E-state index contributed by atoms with van der Waals surface area (Å²) in [6.07, 6.45) is 3.70. The van der Waals surface area contributed by atoms with Crippen molar-refractivity contribution < 1.29 is 4.79 Å². The smallest absolute Gasteiger partial charge is 0.129 e. The molecule has 0 aromatic heterocycles. The van der Waals surface area contributed by atoms with E-state index in [9.17, 15) is 4.79 Å². The summed E-state index contributed by atoms with van der Waals surface area (Å²) in [7, 11) is 0. The molecule has 1 nitrogen and oxygen atoms in total. The molecule has 80 valence electrons. The molecule has 0 amide bonds. The zero-order valence-corrected chi connectivity index (χ0v) is 9.33. The molecule has 0 saturated heterocycles. The van der Waals surface area contributed by atoms with Gasteiger partial charge in [-0.2, -0.15) is 0 Å². The lowest BCUT2D eigenvalue weighted by Crippen LogP contribution is -1.90. The minimum Gasteiger partial charge on any atom is -0.300 e. The van der Waals surface area contributed by atoms with Crippen molar-refractivity contribution >= 4 is 11.4 Å². The predicted octanol–water partition coefficient (Wildman–Crippen LogP) is 3.85.